The van der Waals surface area contributed by atoms with Crippen molar-refractivity contribution in [2.45, 2.75) is 19.8 Å². The lowest BCUT2D eigenvalue weighted by molar-refractivity contribution is 0.112. The molecule has 1 fully saturated rings. The standard InChI is InChI=1S/C31H31N7O4S/c1-19(2)22-7-8-27(37-14-20(15-37)18-43(3,41)42)25-13-33-30(11-24(22)25)35-29-9-10-32-31(36-29)38-16-21(12-34-38)23-5-4-6-28(40)26(23)17-39/h4-13,16-17,19-20,40H,14-15,18H2,1-3H3,(H,32,33,35,36). The van der Waals surface area contributed by atoms with Gasteiger partial charge in [0.25, 0.3) is 5.95 Å². The van der Waals surface area contributed by atoms with Gasteiger partial charge < -0.3 is 15.3 Å². The summed E-state index contributed by atoms with van der Waals surface area (Å²) in [6.45, 7) is 5.70. The number of aldehydes is 1. The normalized spacial score (nSPS) is 13.8. The summed E-state index contributed by atoms with van der Waals surface area (Å²) in [5.74, 6) is 1.98. The largest absolute Gasteiger partial charge is 0.507 e. The highest BCUT2D eigenvalue weighted by Gasteiger charge is 2.31. The van der Waals surface area contributed by atoms with Crippen LogP contribution in [0.15, 0.2) is 67.3 Å². The first-order valence-electron chi connectivity index (χ1n) is 13.9. The zero-order valence-electron chi connectivity index (χ0n) is 24.0. The Bertz CT molecular complexity index is 1950. The van der Waals surface area contributed by atoms with E-state index in [1.807, 2.05) is 12.3 Å². The van der Waals surface area contributed by atoms with Crippen LogP contribution in [0.4, 0.5) is 17.3 Å². The van der Waals surface area contributed by atoms with Gasteiger partial charge >= 0.3 is 0 Å². The number of sulfone groups is 1. The highest BCUT2D eigenvalue weighted by molar-refractivity contribution is 7.90. The summed E-state index contributed by atoms with van der Waals surface area (Å²) in [6, 6.07) is 12.9. The predicted molar refractivity (Wildman–Crippen MR) is 166 cm³/mol. The van der Waals surface area contributed by atoms with Gasteiger partial charge in [-0.1, -0.05) is 32.0 Å². The van der Waals surface area contributed by atoms with Crippen molar-refractivity contribution in [1.82, 2.24) is 24.7 Å². The van der Waals surface area contributed by atoms with Crippen LogP contribution in [-0.4, -0.2) is 69.6 Å². The Kier molecular flexibility index (Phi) is 7.30. The number of nitrogens with zero attached hydrogens (tertiary/aromatic N) is 6. The third-order valence-electron chi connectivity index (χ3n) is 7.57. The van der Waals surface area contributed by atoms with Crippen molar-refractivity contribution in [3.05, 3.63) is 78.4 Å². The van der Waals surface area contributed by atoms with Gasteiger partial charge in [0.15, 0.2) is 6.29 Å². The van der Waals surface area contributed by atoms with Gasteiger partial charge in [-0.15, -0.1) is 0 Å². The quantitative estimate of drug-likeness (QED) is 0.229. The summed E-state index contributed by atoms with van der Waals surface area (Å²) in [7, 11) is -3.01. The Balaban J connectivity index is 1.27. The molecule has 1 aliphatic rings. The van der Waals surface area contributed by atoms with Crippen molar-refractivity contribution in [3.63, 3.8) is 0 Å². The number of hydrogen-bond donors (Lipinski definition) is 2. The van der Waals surface area contributed by atoms with Crippen LogP contribution in [0.1, 0.15) is 35.7 Å². The van der Waals surface area contributed by atoms with Crippen LogP contribution in [0, 0.1) is 5.92 Å². The first-order valence-corrected chi connectivity index (χ1v) is 15.9. The zero-order valence-corrected chi connectivity index (χ0v) is 24.8. The van der Waals surface area contributed by atoms with E-state index in [1.54, 1.807) is 36.8 Å². The Morgan fingerprint density at radius 3 is 2.63 bits per heavy atom. The third kappa shape index (κ3) is 5.78. The van der Waals surface area contributed by atoms with Crippen LogP contribution < -0.4 is 10.2 Å². The maximum absolute atomic E-state index is 11.7. The average Bonchev–Trinajstić information content (AvgIpc) is 3.44. The summed E-state index contributed by atoms with van der Waals surface area (Å²) in [4.78, 5) is 27.4. The van der Waals surface area contributed by atoms with E-state index in [4.69, 9.17) is 0 Å². The number of phenols is 1. The molecule has 0 aliphatic carbocycles. The molecule has 1 aliphatic heterocycles. The summed E-state index contributed by atoms with van der Waals surface area (Å²) >= 11 is 0. The van der Waals surface area contributed by atoms with Gasteiger partial charge in [-0.2, -0.15) is 10.1 Å². The van der Waals surface area contributed by atoms with Gasteiger partial charge in [-0.05, 0) is 46.7 Å². The number of rotatable bonds is 9. The number of aromatic hydroxyl groups is 1. The molecule has 0 unspecified atom stereocenters. The molecule has 0 atom stereocenters. The molecule has 0 spiro atoms. The van der Waals surface area contributed by atoms with Crippen molar-refractivity contribution in [3.8, 4) is 22.8 Å². The van der Waals surface area contributed by atoms with Crippen LogP contribution in [0.5, 0.6) is 5.75 Å². The first kappa shape index (κ1) is 28.3. The van der Waals surface area contributed by atoms with E-state index in [0.29, 0.717) is 48.1 Å². The second-order valence-corrected chi connectivity index (χ2v) is 13.4. The molecule has 0 saturated carbocycles. The summed E-state index contributed by atoms with van der Waals surface area (Å²) < 4.78 is 24.9. The molecule has 0 radical (unpaired) electrons. The van der Waals surface area contributed by atoms with E-state index in [2.05, 4.69) is 56.2 Å². The minimum Gasteiger partial charge on any atom is -0.507 e. The number of benzene rings is 2. The fraction of sp³-hybridized carbons (Fsp3) is 0.258. The average molecular weight is 598 g/mol. The zero-order chi connectivity index (χ0) is 30.3. The fourth-order valence-electron chi connectivity index (χ4n) is 5.55. The summed E-state index contributed by atoms with van der Waals surface area (Å²) in [5.41, 5.74) is 3.61. The number of carbonyl (C=O) groups excluding carboxylic acids is 1. The number of pyridine rings is 1. The second kappa shape index (κ2) is 11.1. The third-order valence-corrected chi connectivity index (χ3v) is 8.65. The molecule has 12 heteroatoms. The van der Waals surface area contributed by atoms with E-state index in [-0.39, 0.29) is 28.9 Å². The molecule has 43 heavy (non-hydrogen) atoms. The van der Waals surface area contributed by atoms with Gasteiger partial charge in [0.2, 0.25) is 0 Å². The topological polar surface area (TPSA) is 143 Å². The predicted octanol–water partition coefficient (Wildman–Crippen LogP) is 4.74. The molecule has 0 amide bonds. The van der Waals surface area contributed by atoms with Crippen molar-refractivity contribution in [2.75, 3.05) is 35.3 Å². The maximum Gasteiger partial charge on any atom is 0.252 e. The fourth-order valence-corrected chi connectivity index (χ4v) is 6.62. The van der Waals surface area contributed by atoms with Crippen LogP contribution in [0.25, 0.3) is 27.8 Å². The molecule has 2 N–H and O–H groups in total. The number of phenolic OH excluding ortho intramolecular Hbond substituents is 1. The van der Waals surface area contributed by atoms with E-state index in [0.717, 1.165) is 16.5 Å². The number of hydrogen-bond acceptors (Lipinski definition) is 10. The van der Waals surface area contributed by atoms with E-state index < -0.39 is 9.84 Å². The minimum absolute atomic E-state index is 0.0978. The summed E-state index contributed by atoms with van der Waals surface area (Å²) in [5, 5.41) is 19.8. The van der Waals surface area contributed by atoms with Gasteiger partial charge in [0, 0.05) is 60.5 Å². The number of aromatic nitrogens is 5. The second-order valence-electron chi connectivity index (χ2n) is 11.2. The smallest absolute Gasteiger partial charge is 0.252 e. The molecule has 4 heterocycles. The van der Waals surface area contributed by atoms with Crippen LogP contribution >= 0.6 is 0 Å². The van der Waals surface area contributed by atoms with E-state index in [1.165, 1.54) is 22.6 Å². The van der Waals surface area contributed by atoms with Gasteiger partial charge in [-0.25, -0.2) is 23.1 Å². The van der Waals surface area contributed by atoms with Crippen molar-refractivity contribution in [1.29, 1.82) is 0 Å². The van der Waals surface area contributed by atoms with Crippen LogP contribution in [0.3, 0.4) is 0 Å². The monoisotopic (exact) mass is 597 g/mol. The molecule has 0 bridgehead atoms. The number of fused-ring (bicyclic) bond motifs is 1. The van der Waals surface area contributed by atoms with Gasteiger partial charge in [0.1, 0.15) is 27.2 Å². The number of nitrogens with one attached hydrogen (secondary N) is 1. The molecule has 2 aromatic carbocycles. The highest BCUT2D eigenvalue weighted by Crippen LogP contribution is 2.37. The van der Waals surface area contributed by atoms with E-state index >= 15 is 0 Å². The van der Waals surface area contributed by atoms with Crippen LogP contribution in [0.2, 0.25) is 0 Å². The van der Waals surface area contributed by atoms with E-state index in [9.17, 15) is 18.3 Å². The lowest BCUT2D eigenvalue weighted by Gasteiger charge is -2.41. The SMILES string of the molecule is CC(C)c1ccc(N2CC(CS(C)(=O)=O)C2)c2cnc(Nc3ccnc(-n4cc(-c5cccc(O)c5C=O)cn4)n3)cc12. The van der Waals surface area contributed by atoms with Crippen molar-refractivity contribution < 1.29 is 18.3 Å². The molecular formula is C31H31N7O4S. The minimum atomic E-state index is -3.01. The maximum atomic E-state index is 11.7. The Morgan fingerprint density at radius 1 is 1.07 bits per heavy atom. The summed E-state index contributed by atoms with van der Waals surface area (Å²) in [6.07, 6.45) is 8.66. The van der Waals surface area contributed by atoms with Crippen LogP contribution in [-0.2, 0) is 9.84 Å². The Hall–Kier alpha value is -4.84. The first-order chi connectivity index (χ1) is 20.6. The molecule has 6 rings (SSSR count). The van der Waals surface area contributed by atoms with Crippen molar-refractivity contribution in [2.24, 2.45) is 5.92 Å². The van der Waals surface area contributed by atoms with Gasteiger partial charge in [0.05, 0.1) is 17.5 Å². The Labute approximate surface area is 249 Å². The van der Waals surface area contributed by atoms with Crippen molar-refractivity contribution >= 4 is 44.2 Å². The molecular weight excluding hydrogens is 566 g/mol. The number of carbonyl (C=O) groups is 1. The van der Waals surface area contributed by atoms with Gasteiger partial charge in [-0.3, -0.25) is 4.79 Å². The molecule has 3 aromatic heterocycles. The molecule has 11 nitrogen and oxygen atoms in total. The highest BCUT2D eigenvalue weighted by atomic mass is 32.2. The number of anilines is 3. The lowest BCUT2D eigenvalue weighted by atomic mass is 9.93. The molecule has 1 saturated heterocycles. The Morgan fingerprint density at radius 2 is 1.88 bits per heavy atom. The molecule has 220 valence electrons. The lowest BCUT2D eigenvalue weighted by Crippen LogP contribution is -2.49. The molecule has 5 aromatic rings.